The quantitative estimate of drug-likeness (QED) is 0.0858. The molecule has 0 bridgehead atoms. The highest BCUT2D eigenvalue weighted by molar-refractivity contribution is 8.00. The van der Waals surface area contributed by atoms with Gasteiger partial charge in [0.25, 0.3) is 0 Å². The molecule has 2 aliphatic heterocycles. The molecular weight excluding hydrogens is 849 g/mol. The molecule has 0 radical (unpaired) electrons. The standard InChI is InChI=1S/2C13H4.2C12H9NS.C12H24.CH4/c2*1-3-5-7-9-11-13-12-10-8-6-4-2;2*1-3-7-11-9(5-1)13-10-6-2-4-8-12(10)14-11;1-3-5-7-9-11-12-10-8-6-4-2;/h2*1H,2H3;2*1-8,13H;3H,1,4-12H2,2H3;1H4. The normalized spacial score (nSPS) is 8.49. The van der Waals surface area contributed by atoms with Crippen LogP contribution in [0.25, 0.3) is 0 Å². The van der Waals surface area contributed by atoms with Gasteiger partial charge in [0.05, 0.1) is 22.7 Å². The lowest BCUT2D eigenvalue weighted by Crippen LogP contribution is -1.98. The van der Waals surface area contributed by atoms with Crippen molar-refractivity contribution in [1.29, 1.82) is 0 Å². The van der Waals surface area contributed by atoms with Gasteiger partial charge in [0.15, 0.2) is 0 Å². The van der Waals surface area contributed by atoms with E-state index in [-0.39, 0.29) is 7.43 Å². The highest BCUT2D eigenvalue weighted by Gasteiger charge is 2.14. The predicted molar refractivity (Wildman–Crippen MR) is 292 cm³/mol. The average molecular weight is 903 g/mol. The Morgan fingerprint density at radius 3 is 0.970 bits per heavy atom. The Kier molecular flexibility index (Phi) is 34.2. The van der Waals surface area contributed by atoms with E-state index in [1.165, 1.54) is 100 Å². The third-order valence-electron chi connectivity index (χ3n) is 8.18. The molecule has 2 nitrogen and oxygen atoms in total. The topological polar surface area (TPSA) is 24.1 Å². The van der Waals surface area contributed by atoms with Gasteiger partial charge in [-0.25, -0.2) is 0 Å². The van der Waals surface area contributed by atoms with Crippen LogP contribution in [0.1, 0.15) is 86.0 Å². The van der Waals surface area contributed by atoms with Gasteiger partial charge in [-0.15, -0.1) is 19.4 Å². The van der Waals surface area contributed by atoms with E-state index in [4.69, 9.17) is 12.8 Å². The Bertz CT molecular complexity index is 2580. The Morgan fingerprint density at radius 1 is 0.418 bits per heavy atom. The summed E-state index contributed by atoms with van der Waals surface area (Å²) in [6.07, 6.45) is 24.2. The third kappa shape index (κ3) is 27.4. The maximum atomic E-state index is 4.86. The summed E-state index contributed by atoms with van der Waals surface area (Å²) in [5.41, 5.74) is 4.82. The van der Waals surface area contributed by atoms with Crippen LogP contribution in [0.4, 0.5) is 22.7 Å². The van der Waals surface area contributed by atoms with E-state index < -0.39 is 0 Å². The summed E-state index contributed by atoms with van der Waals surface area (Å²) in [6, 6.07) is 33.5. The molecule has 6 rings (SSSR count). The van der Waals surface area contributed by atoms with Crippen LogP contribution in [-0.2, 0) is 0 Å². The van der Waals surface area contributed by atoms with Crippen LogP contribution in [0.3, 0.4) is 0 Å². The zero-order valence-corrected chi connectivity index (χ0v) is 39.5. The van der Waals surface area contributed by atoms with Crippen molar-refractivity contribution >= 4 is 46.3 Å². The fourth-order valence-corrected chi connectivity index (χ4v) is 7.20. The van der Waals surface area contributed by atoms with Crippen molar-refractivity contribution in [1.82, 2.24) is 0 Å². The minimum atomic E-state index is 0. The van der Waals surface area contributed by atoms with E-state index in [0.29, 0.717) is 0 Å². The van der Waals surface area contributed by atoms with Gasteiger partial charge in [-0.3, -0.25) is 0 Å². The largest absolute Gasteiger partial charge is 0.354 e. The van der Waals surface area contributed by atoms with Crippen LogP contribution in [0.2, 0.25) is 0 Å². The van der Waals surface area contributed by atoms with Crippen molar-refractivity contribution < 1.29 is 0 Å². The highest BCUT2D eigenvalue weighted by Crippen LogP contribution is 2.44. The van der Waals surface area contributed by atoms with Gasteiger partial charge < -0.3 is 10.6 Å². The molecule has 0 fully saturated rings. The first-order chi connectivity index (χ1) is 32.6. The summed E-state index contributed by atoms with van der Waals surface area (Å²) in [5, 5.41) is 6.84. The van der Waals surface area contributed by atoms with Crippen LogP contribution in [0.15, 0.2) is 129 Å². The monoisotopic (exact) mass is 902 g/mol. The molecule has 328 valence electrons. The SMILES string of the molecule is C.C#CC#CC#CC#CC#CC#CC.C#CC#CC#CC#CC#CC#CC.C=CCCCCCCCCCC.c1ccc2c(c1)Nc1ccccc1S2.c1ccc2c(c1)Nc1ccccc1S2. The second-order valence-electron chi connectivity index (χ2n) is 13.0. The zero-order chi connectivity index (χ0) is 47.4. The van der Waals surface area contributed by atoms with Gasteiger partial charge in [-0.1, -0.05) is 149 Å². The lowest BCUT2D eigenvalue weighted by Gasteiger charge is -2.19. The number of hydrogen-bond donors (Lipinski definition) is 2. The summed E-state index contributed by atoms with van der Waals surface area (Å²) < 4.78 is 0. The summed E-state index contributed by atoms with van der Waals surface area (Å²) in [6.45, 7) is 9.40. The first-order valence-corrected chi connectivity index (χ1v) is 22.9. The van der Waals surface area contributed by atoms with Crippen molar-refractivity contribution in [2.24, 2.45) is 0 Å². The maximum absolute atomic E-state index is 4.86. The zero-order valence-electron chi connectivity index (χ0n) is 37.9. The van der Waals surface area contributed by atoms with Crippen molar-refractivity contribution in [3.63, 3.8) is 0 Å². The Hall–Kier alpha value is -8.36. The van der Waals surface area contributed by atoms with E-state index >= 15 is 0 Å². The van der Waals surface area contributed by atoms with E-state index in [9.17, 15) is 0 Å². The summed E-state index contributed by atoms with van der Waals surface area (Å²) in [4.78, 5) is 5.19. The van der Waals surface area contributed by atoms with Crippen molar-refractivity contribution in [2.75, 3.05) is 10.6 Å². The molecule has 0 spiro atoms. The molecule has 4 aromatic rings. The van der Waals surface area contributed by atoms with Gasteiger partial charge in [0.2, 0.25) is 0 Å². The molecule has 0 aliphatic carbocycles. The molecule has 0 atom stereocenters. The van der Waals surface area contributed by atoms with Crippen molar-refractivity contribution in [3.05, 3.63) is 110 Å². The fourth-order valence-electron chi connectivity index (χ4n) is 5.22. The van der Waals surface area contributed by atoms with Crippen molar-refractivity contribution in [3.8, 4) is 143 Å². The summed E-state index contributed by atoms with van der Waals surface area (Å²) in [7, 11) is 0. The molecule has 4 aromatic carbocycles. The van der Waals surface area contributed by atoms with Gasteiger partial charge in [0.1, 0.15) is 0 Å². The fraction of sp³-hybridized carbons (Fsp3) is 0.206. The average Bonchev–Trinajstić information content (AvgIpc) is 3.36. The van der Waals surface area contributed by atoms with Crippen LogP contribution in [0.5, 0.6) is 0 Å². The van der Waals surface area contributed by atoms with Gasteiger partial charge in [-0.05, 0) is 194 Å². The molecule has 2 N–H and O–H groups in total. The summed E-state index contributed by atoms with van der Waals surface area (Å²) in [5.74, 6) is 53.9. The summed E-state index contributed by atoms with van der Waals surface area (Å²) >= 11 is 3.64. The first kappa shape index (κ1) is 56.7. The molecule has 0 aromatic heterocycles. The second-order valence-corrected chi connectivity index (χ2v) is 15.2. The molecular formula is C63H54N2S2. The number of rotatable bonds is 9. The van der Waals surface area contributed by atoms with E-state index in [1.807, 2.05) is 29.6 Å². The minimum Gasteiger partial charge on any atom is -0.354 e. The molecule has 4 heteroatoms. The third-order valence-corrected chi connectivity index (χ3v) is 10.5. The molecule has 0 amide bonds. The highest BCUT2D eigenvalue weighted by atomic mass is 32.2. The molecule has 0 unspecified atom stereocenters. The Balaban J connectivity index is 0.000000418. The number of fused-ring (bicyclic) bond motifs is 4. The van der Waals surface area contributed by atoms with Crippen molar-refractivity contribution in [2.45, 2.75) is 106 Å². The lowest BCUT2D eigenvalue weighted by molar-refractivity contribution is 0.578. The minimum absolute atomic E-state index is 0. The number of terminal acetylenes is 2. The van der Waals surface area contributed by atoms with Crippen LogP contribution in [0, 0.1) is 143 Å². The lowest BCUT2D eigenvalue weighted by atomic mass is 10.1. The molecule has 2 aliphatic rings. The number of unbranched alkanes of at least 4 members (excludes halogenated alkanes) is 8. The number of anilines is 4. The Labute approximate surface area is 412 Å². The number of allylic oxidation sites excluding steroid dienone is 1. The van der Waals surface area contributed by atoms with E-state index in [2.05, 4.69) is 251 Å². The maximum Gasteiger partial charge on any atom is 0.0526 e. The van der Waals surface area contributed by atoms with E-state index in [0.717, 1.165) is 0 Å². The number of benzene rings is 4. The van der Waals surface area contributed by atoms with Crippen LogP contribution >= 0.6 is 23.5 Å². The number of nitrogens with one attached hydrogen (secondary N) is 2. The predicted octanol–water partition coefficient (Wildman–Crippen LogP) is 14.4. The molecule has 0 saturated carbocycles. The first-order valence-electron chi connectivity index (χ1n) is 21.2. The van der Waals surface area contributed by atoms with Gasteiger partial charge >= 0.3 is 0 Å². The molecule has 2 heterocycles. The van der Waals surface area contributed by atoms with Gasteiger partial charge in [0, 0.05) is 19.6 Å². The van der Waals surface area contributed by atoms with Gasteiger partial charge in [-0.2, -0.15) is 0 Å². The molecule has 0 saturated heterocycles. The second kappa shape index (κ2) is 40.4. The molecule has 67 heavy (non-hydrogen) atoms. The number of hydrogen-bond acceptors (Lipinski definition) is 4. The van der Waals surface area contributed by atoms with E-state index in [1.54, 1.807) is 13.8 Å². The van der Waals surface area contributed by atoms with Crippen LogP contribution < -0.4 is 10.6 Å². The number of para-hydroxylation sites is 4. The Morgan fingerprint density at radius 2 is 0.687 bits per heavy atom. The van der Waals surface area contributed by atoms with Crippen LogP contribution in [-0.4, -0.2) is 0 Å². The smallest absolute Gasteiger partial charge is 0.0526 e.